The Labute approximate surface area is 109 Å². The predicted octanol–water partition coefficient (Wildman–Crippen LogP) is 3.76. The van der Waals surface area contributed by atoms with Gasteiger partial charge in [-0.25, -0.2) is 0 Å². The van der Waals surface area contributed by atoms with Gasteiger partial charge in [-0.3, -0.25) is 0 Å². The third-order valence-electron chi connectivity index (χ3n) is 4.65. The molecule has 0 heterocycles. The molecule has 3 unspecified atom stereocenters. The summed E-state index contributed by atoms with van der Waals surface area (Å²) in [7, 11) is 0. The van der Waals surface area contributed by atoms with Crippen LogP contribution >= 0.6 is 0 Å². The van der Waals surface area contributed by atoms with Crippen molar-refractivity contribution in [3.8, 4) is 0 Å². The third-order valence-corrected chi connectivity index (χ3v) is 4.65. The van der Waals surface area contributed by atoms with Gasteiger partial charge in [0.05, 0.1) is 0 Å². The average molecular weight is 239 g/mol. The maximum atomic E-state index is 6.13. The molecule has 2 aromatic carbocycles. The fourth-order valence-corrected chi connectivity index (χ4v) is 3.32. The van der Waals surface area contributed by atoms with E-state index in [0.29, 0.717) is 12.0 Å². The van der Waals surface area contributed by atoms with E-state index < -0.39 is 0 Å². The molecule has 3 rings (SSSR count). The lowest BCUT2D eigenvalue weighted by atomic mass is 9.88. The van der Waals surface area contributed by atoms with Gasteiger partial charge >= 0.3 is 0 Å². The van der Waals surface area contributed by atoms with Crippen molar-refractivity contribution in [2.24, 2.45) is 17.6 Å². The van der Waals surface area contributed by atoms with Crippen LogP contribution < -0.4 is 5.73 Å². The average Bonchev–Trinajstić information content (AvgIpc) is 2.71. The maximum absolute atomic E-state index is 6.13. The maximum Gasteiger partial charge on any atom is 0.00673 e. The highest BCUT2D eigenvalue weighted by atomic mass is 14.7. The van der Waals surface area contributed by atoms with Crippen molar-refractivity contribution in [3.05, 3.63) is 48.0 Å². The van der Waals surface area contributed by atoms with Crippen molar-refractivity contribution in [2.45, 2.75) is 32.2 Å². The summed E-state index contributed by atoms with van der Waals surface area (Å²) in [5, 5.41) is 2.76. The molecule has 2 N–H and O–H groups in total. The van der Waals surface area contributed by atoms with Crippen molar-refractivity contribution in [2.75, 3.05) is 0 Å². The summed E-state index contributed by atoms with van der Waals surface area (Å²) < 4.78 is 0. The van der Waals surface area contributed by atoms with Crippen LogP contribution in [-0.2, 0) is 6.42 Å². The van der Waals surface area contributed by atoms with Crippen LogP contribution in [0, 0.1) is 11.8 Å². The zero-order valence-electron chi connectivity index (χ0n) is 11.0. The van der Waals surface area contributed by atoms with Crippen LogP contribution in [-0.4, -0.2) is 6.04 Å². The van der Waals surface area contributed by atoms with Crippen molar-refractivity contribution in [1.82, 2.24) is 0 Å². The first-order valence-corrected chi connectivity index (χ1v) is 6.98. The van der Waals surface area contributed by atoms with Gasteiger partial charge < -0.3 is 5.73 Å². The van der Waals surface area contributed by atoms with Gasteiger partial charge in [-0.1, -0.05) is 49.4 Å². The number of hydrogen-bond donors (Lipinski definition) is 1. The largest absolute Gasteiger partial charge is 0.327 e. The van der Waals surface area contributed by atoms with Gasteiger partial charge in [-0.2, -0.15) is 0 Å². The summed E-state index contributed by atoms with van der Waals surface area (Å²) in [4.78, 5) is 0. The molecule has 0 radical (unpaired) electrons. The third kappa shape index (κ3) is 2.04. The smallest absolute Gasteiger partial charge is 0.00673 e. The first-order valence-electron chi connectivity index (χ1n) is 6.98. The molecule has 2 aromatic rings. The minimum atomic E-state index is 0.407. The Morgan fingerprint density at radius 3 is 2.61 bits per heavy atom. The molecule has 18 heavy (non-hydrogen) atoms. The highest BCUT2D eigenvalue weighted by Gasteiger charge is 2.30. The zero-order chi connectivity index (χ0) is 12.5. The standard InChI is InChI=1S/C17H21N/c1-12-14(9-10-17(12)18)11-15-7-4-6-13-5-2-3-8-16(13)15/h2-8,12,14,17H,9-11,18H2,1H3. The van der Waals surface area contributed by atoms with Crippen molar-refractivity contribution in [3.63, 3.8) is 0 Å². The van der Waals surface area contributed by atoms with Crippen LogP contribution in [0.3, 0.4) is 0 Å². The van der Waals surface area contributed by atoms with Gasteiger partial charge in [-0.05, 0) is 47.4 Å². The molecule has 94 valence electrons. The summed E-state index contributed by atoms with van der Waals surface area (Å²) in [6.07, 6.45) is 3.65. The first-order chi connectivity index (χ1) is 8.75. The molecule has 1 heteroatoms. The summed E-state index contributed by atoms with van der Waals surface area (Å²) in [5.41, 5.74) is 7.62. The van der Waals surface area contributed by atoms with E-state index in [1.165, 1.54) is 35.6 Å². The van der Waals surface area contributed by atoms with E-state index in [-0.39, 0.29) is 0 Å². The molecular formula is C17H21N. The molecular weight excluding hydrogens is 218 g/mol. The van der Waals surface area contributed by atoms with Crippen LogP contribution in [0.2, 0.25) is 0 Å². The monoisotopic (exact) mass is 239 g/mol. The van der Waals surface area contributed by atoms with Crippen LogP contribution in [0.15, 0.2) is 42.5 Å². The first kappa shape index (κ1) is 11.7. The molecule has 0 bridgehead atoms. The fourth-order valence-electron chi connectivity index (χ4n) is 3.32. The molecule has 1 nitrogen and oxygen atoms in total. The SMILES string of the molecule is CC1C(N)CCC1Cc1cccc2ccccc12. The lowest BCUT2D eigenvalue weighted by Crippen LogP contribution is -2.25. The molecule has 3 atom stereocenters. The summed E-state index contributed by atoms with van der Waals surface area (Å²) in [6.45, 7) is 2.31. The fraction of sp³-hybridized carbons (Fsp3) is 0.412. The van der Waals surface area contributed by atoms with Gasteiger partial charge in [0.15, 0.2) is 0 Å². The number of benzene rings is 2. The molecule has 1 aliphatic carbocycles. The van der Waals surface area contributed by atoms with Gasteiger partial charge in [0.2, 0.25) is 0 Å². The van der Waals surface area contributed by atoms with Gasteiger partial charge in [0.1, 0.15) is 0 Å². The zero-order valence-corrected chi connectivity index (χ0v) is 11.0. The number of hydrogen-bond acceptors (Lipinski definition) is 1. The molecule has 0 amide bonds. The number of nitrogens with two attached hydrogens (primary N) is 1. The Kier molecular flexibility index (Phi) is 3.09. The van der Waals surface area contributed by atoms with Gasteiger partial charge in [-0.15, -0.1) is 0 Å². The lowest BCUT2D eigenvalue weighted by molar-refractivity contribution is 0.391. The summed E-state index contributed by atoms with van der Waals surface area (Å²) in [6, 6.07) is 15.7. The van der Waals surface area contributed by atoms with Crippen LogP contribution in [0.5, 0.6) is 0 Å². The van der Waals surface area contributed by atoms with Crippen molar-refractivity contribution >= 4 is 10.8 Å². The van der Waals surface area contributed by atoms with E-state index in [1.54, 1.807) is 0 Å². The van der Waals surface area contributed by atoms with E-state index in [2.05, 4.69) is 49.4 Å². The van der Waals surface area contributed by atoms with E-state index in [4.69, 9.17) is 5.73 Å². The molecule has 0 aromatic heterocycles. The normalized spacial score (nSPS) is 27.8. The molecule has 1 saturated carbocycles. The quantitative estimate of drug-likeness (QED) is 0.848. The van der Waals surface area contributed by atoms with Crippen LogP contribution in [0.1, 0.15) is 25.3 Å². The van der Waals surface area contributed by atoms with E-state index >= 15 is 0 Å². The predicted molar refractivity (Wildman–Crippen MR) is 77.5 cm³/mol. The number of rotatable bonds is 2. The Morgan fingerprint density at radius 1 is 1.06 bits per heavy atom. The number of fused-ring (bicyclic) bond motifs is 1. The molecule has 0 aliphatic heterocycles. The minimum absolute atomic E-state index is 0.407. The summed E-state index contributed by atoms with van der Waals surface area (Å²) in [5.74, 6) is 1.41. The topological polar surface area (TPSA) is 26.0 Å². The molecule has 1 fully saturated rings. The lowest BCUT2D eigenvalue weighted by Gasteiger charge is -2.19. The minimum Gasteiger partial charge on any atom is -0.327 e. The van der Waals surface area contributed by atoms with E-state index in [9.17, 15) is 0 Å². The second kappa shape index (κ2) is 4.74. The highest BCUT2D eigenvalue weighted by Crippen LogP contribution is 2.34. The Morgan fingerprint density at radius 2 is 1.83 bits per heavy atom. The van der Waals surface area contributed by atoms with Crippen molar-refractivity contribution < 1.29 is 0 Å². The Hall–Kier alpha value is -1.34. The molecule has 0 spiro atoms. The highest BCUT2D eigenvalue weighted by molar-refractivity contribution is 5.85. The van der Waals surface area contributed by atoms with Crippen LogP contribution in [0.25, 0.3) is 10.8 Å². The second-order valence-electron chi connectivity index (χ2n) is 5.70. The van der Waals surface area contributed by atoms with Gasteiger partial charge in [0, 0.05) is 6.04 Å². The van der Waals surface area contributed by atoms with E-state index in [0.717, 1.165) is 5.92 Å². The van der Waals surface area contributed by atoms with Crippen LogP contribution in [0.4, 0.5) is 0 Å². The molecule has 0 saturated heterocycles. The van der Waals surface area contributed by atoms with Gasteiger partial charge in [0.25, 0.3) is 0 Å². The second-order valence-corrected chi connectivity index (χ2v) is 5.70. The molecule has 1 aliphatic rings. The Bertz CT molecular complexity index is 541. The summed E-state index contributed by atoms with van der Waals surface area (Å²) >= 11 is 0. The Balaban J connectivity index is 1.91. The van der Waals surface area contributed by atoms with E-state index in [1.807, 2.05) is 0 Å². The van der Waals surface area contributed by atoms with Crippen molar-refractivity contribution in [1.29, 1.82) is 0 Å².